The predicted molar refractivity (Wildman–Crippen MR) is 108 cm³/mol. The molecule has 3 aromatic rings. The van der Waals surface area contributed by atoms with Gasteiger partial charge in [0.15, 0.2) is 0 Å². The van der Waals surface area contributed by atoms with E-state index < -0.39 is 0 Å². The Bertz CT molecular complexity index is 1020. The smallest absolute Gasteiger partial charge is 0.227 e. The van der Waals surface area contributed by atoms with Crippen LogP contribution in [-0.4, -0.2) is 58.3 Å². The fourth-order valence-corrected chi connectivity index (χ4v) is 3.46. The molecule has 29 heavy (non-hydrogen) atoms. The third kappa shape index (κ3) is 4.58. The van der Waals surface area contributed by atoms with E-state index in [1.165, 1.54) is 12.4 Å². The van der Waals surface area contributed by atoms with Gasteiger partial charge in [0.25, 0.3) is 0 Å². The van der Waals surface area contributed by atoms with Gasteiger partial charge < -0.3 is 19.5 Å². The number of rotatable bonds is 5. The van der Waals surface area contributed by atoms with Crippen molar-refractivity contribution in [3.63, 3.8) is 0 Å². The second-order valence-corrected chi connectivity index (χ2v) is 7.21. The second kappa shape index (κ2) is 8.63. The molecule has 0 radical (unpaired) electrons. The standard InChI is InChI=1S/C21H20ClN3O4/c22-17-9-14(5-6-19(17)26)10-20(27)25-7-8-28-15(11-25)12-29-21-16-3-1-2-4-18(16)23-13-24-21/h1-6,9,13,15,26H,7-8,10-12H2. The van der Waals surface area contributed by atoms with Crippen molar-refractivity contribution >= 4 is 28.4 Å². The molecular weight excluding hydrogens is 394 g/mol. The Hall–Kier alpha value is -2.90. The number of hydrogen-bond acceptors (Lipinski definition) is 6. The molecule has 1 amide bonds. The topological polar surface area (TPSA) is 84.8 Å². The van der Waals surface area contributed by atoms with Crippen LogP contribution in [-0.2, 0) is 16.0 Å². The fraction of sp³-hybridized carbons (Fsp3) is 0.286. The number of carbonyl (C=O) groups excluding carboxylic acids is 1. The Morgan fingerprint density at radius 2 is 2.14 bits per heavy atom. The molecule has 0 saturated carbocycles. The Labute approximate surface area is 172 Å². The molecule has 8 heteroatoms. The number of nitrogens with zero attached hydrogens (tertiary/aromatic N) is 3. The summed E-state index contributed by atoms with van der Waals surface area (Å²) in [4.78, 5) is 22.9. The van der Waals surface area contributed by atoms with Crippen molar-refractivity contribution in [3.05, 3.63) is 59.4 Å². The molecule has 4 rings (SSSR count). The summed E-state index contributed by atoms with van der Waals surface area (Å²) in [5.41, 5.74) is 1.57. The lowest BCUT2D eigenvalue weighted by atomic mass is 10.1. The molecular formula is C21H20ClN3O4. The largest absolute Gasteiger partial charge is 0.506 e. The maximum Gasteiger partial charge on any atom is 0.227 e. The molecule has 0 aliphatic carbocycles. The van der Waals surface area contributed by atoms with Crippen LogP contribution in [0.2, 0.25) is 5.02 Å². The van der Waals surface area contributed by atoms with Gasteiger partial charge in [0.05, 0.1) is 35.5 Å². The van der Waals surface area contributed by atoms with Crippen molar-refractivity contribution in [2.75, 3.05) is 26.3 Å². The molecule has 7 nitrogen and oxygen atoms in total. The third-order valence-corrected chi connectivity index (χ3v) is 5.07. The van der Waals surface area contributed by atoms with Crippen LogP contribution >= 0.6 is 11.6 Å². The maximum atomic E-state index is 12.7. The average Bonchev–Trinajstić information content (AvgIpc) is 2.75. The van der Waals surface area contributed by atoms with E-state index in [0.29, 0.717) is 25.6 Å². The zero-order valence-electron chi connectivity index (χ0n) is 15.6. The molecule has 1 saturated heterocycles. The number of fused-ring (bicyclic) bond motifs is 1. The van der Waals surface area contributed by atoms with Crippen molar-refractivity contribution in [1.29, 1.82) is 0 Å². The van der Waals surface area contributed by atoms with Gasteiger partial charge in [0, 0.05) is 6.54 Å². The lowest BCUT2D eigenvalue weighted by molar-refractivity contribution is -0.139. The van der Waals surface area contributed by atoms with Crippen molar-refractivity contribution < 1.29 is 19.4 Å². The van der Waals surface area contributed by atoms with E-state index in [2.05, 4.69) is 9.97 Å². The molecule has 2 heterocycles. The van der Waals surface area contributed by atoms with Gasteiger partial charge in [-0.15, -0.1) is 0 Å². The van der Waals surface area contributed by atoms with Gasteiger partial charge in [0.2, 0.25) is 11.8 Å². The van der Waals surface area contributed by atoms with E-state index in [4.69, 9.17) is 21.1 Å². The number of phenols is 1. The number of ether oxygens (including phenoxy) is 2. The van der Waals surface area contributed by atoms with E-state index >= 15 is 0 Å². The first-order valence-electron chi connectivity index (χ1n) is 9.29. The number of para-hydroxylation sites is 1. The summed E-state index contributed by atoms with van der Waals surface area (Å²) < 4.78 is 11.6. The Morgan fingerprint density at radius 3 is 3.00 bits per heavy atom. The molecule has 150 valence electrons. The molecule has 1 N–H and O–H groups in total. The highest BCUT2D eigenvalue weighted by atomic mass is 35.5. The van der Waals surface area contributed by atoms with E-state index in [-0.39, 0.29) is 35.8 Å². The van der Waals surface area contributed by atoms with Crippen LogP contribution < -0.4 is 4.74 Å². The van der Waals surface area contributed by atoms with Crippen LogP contribution in [0.15, 0.2) is 48.8 Å². The van der Waals surface area contributed by atoms with Gasteiger partial charge in [-0.25, -0.2) is 9.97 Å². The summed E-state index contributed by atoms with van der Waals surface area (Å²) in [6.45, 7) is 1.70. The SMILES string of the molecule is O=C(Cc1ccc(O)c(Cl)c1)N1CCOC(COc2ncnc3ccccc23)C1. The minimum absolute atomic E-state index is 0.00342. The number of halogens is 1. The molecule has 0 spiro atoms. The normalized spacial score (nSPS) is 16.7. The summed E-state index contributed by atoms with van der Waals surface area (Å²) in [5, 5.41) is 10.6. The van der Waals surface area contributed by atoms with Crippen molar-refractivity contribution in [1.82, 2.24) is 14.9 Å². The molecule has 0 bridgehead atoms. The van der Waals surface area contributed by atoms with Crippen LogP contribution in [0.3, 0.4) is 0 Å². The highest BCUT2D eigenvalue weighted by molar-refractivity contribution is 6.32. The first kappa shape index (κ1) is 19.4. The number of amides is 1. The number of hydrogen-bond donors (Lipinski definition) is 1. The minimum Gasteiger partial charge on any atom is -0.506 e. The Kier molecular flexibility index (Phi) is 5.78. The summed E-state index contributed by atoms with van der Waals surface area (Å²) in [6, 6.07) is 12.4. The molecule has 1 aromatic heterocycles. The van der Waals surface area contributed by atoms with Crippen LogP contribution in [0.4, 0.5) is 0 Å². The average molecular weight is 414 g/mol. The number of carbonyl (C=O) groups is 1. The monoisotopic (exact) mass is 413 g/mol. The maximum absolute atomic E-state index is 12.7. The van der Waals surface area contributed by atoms with E-state index in [0.717, 1.165) is 16.5 Å². The zero-order valence-corrected chi connectivity index (χ0v) is 16.4. The molecule has 1 aliphatic rings. The first-order valence-corrected chi connectivity index (χ1v) is 9.67. The van der Waals surface area contributed by atoms with Gasteiger partial charge in [0.1, 0.15) is 24.8 Å². The molecule has 1 fully saturated rings. The van der Waals surface area contributed by atoms with Crippen LogP contribution in [0.5, 0.6) is 11.6 Å². The fourth-order valence-electron chi connectivity index (χ4n) is 3.26. The van der Waals surface area contributed by atoms with Gasteiger partial charge in [-0.1, -0.05) is 29.8 Å². The van der Waals surface area contributed by atoms with Crippen molar-refractivity contribution in [2.45, 2.75) is 12.5 Å². The lowest BCUT2D eigenvalue weighted by Crippen LogP contribution is -2.48. The van der Waals surface area contributed by atoms with Crippen LogP contribution in [0, 0.1) is 0 Å². The summed E-state index contributed by atoms with van der Waals surface area (Å²) in [5.74, 6) is 0.484. The number of aromatic hydroxyl groups is 1. The number of aromatic nitrogens is 2. The van der Waals surface area contributed by atoms with E-state index in [1.54, 1.807) is 17.0 Å². The lowest BCUT2D eigenvalue weighted by Gasteiger charge is -2.33. The highest BCUT2D eigenvalue weighted by Crippen LogP contribution is 2.24. The summed E-state index contributed by atoms with van der Waals surface area (Å²) in [6.07, 6.45) is 1.44. The first-order chi connectivity index (χ1) is 14.1. The minimum atomic E-state index is -0.246. The Balaban J connectivity index is 1.36. The number of benzene rings is 2. The number of phenolic OH excluding ortho intramolecular Hbond substituents is 1. The van der Waals surface area contributed by atoms with E-state index in [1.807, 2.05) is 24.3 Å². The molecule has 1 unspecified atom stereocenters. The van der Waals surface area contributed by atoms with Crippen LogP contribution in [0.25, 0.3) is 10.9 Å². The molecule has 2 aromatic carbocycles. The Morgan fingerprint density at radius 1 is 1.28 bits per heavy atom. The second-order valence-electron chi connectivity index (χ2n) is 6.80. The van der Waals surface area contributed by atoms with Crippen LogP contribution in [0.1, 0.15) is 5.56 Å². The van der Waals surface area contributed by atoms with Gasteiger partial charge in [-0.2, -0.15) is 0 Å². The van der Waals surface area contributed by atoms with Crippen molar-refractivity contribution in [2.24, 2.45) is 0 Å². The summed E-state index contributed by atoms with van der Waals surface area (Å²) in [7, 11) is 0. The predicted octanol–water partition coefficient (Wildman–Crippen LogP) is 2.84. The van der Waals surface area contributed by atoms with Gasteiger partial charge >= 0.3 is 0 Å². The summed E-state index contributed by atoms with van der Waals surface area (Å²) >= 11 is 5.93. The zero-order chi connectivity index (χ0) is 20.2. The number of morpholine rings is 1. The third-order valence-electron chi connectivity index (χ3n) is 4.77. The van der Waals surface area contributed by atoms with Gasteiger partial charge in [-0.05, 0) is 29.8 Å². The van der Waals surface area contributed by atoms with Gasteiger partial charge in [-0.3, -0.25) is 4.79 Å². The highest BCUT2D eigenvalue weighted by Gasteiger charge is 2.25. The molecule has 1 aliphatic heterocycles. The van der Waals surface area contributed by atoms with E-state index in [9.17, 15) is 9.90 Å². The molecule has 1 atom stereocenters. The quantitative estimate of drug-likeness (QED) is 0.692. The van der Waals surface area contributed by atoms with Crippen molar-refractivity contribution in [3.8, 4) is 11.6 Å².